The van der Waals surface area contributed by atoms with E-state index in [1.165, 1.54) is 5.56 Å². The number of anilines is 2. The molecule has 2 N–H and O–H groups in total. The van der Waals surface area contributed by atoms with Crippen LogP contribution in [0.4, 0.5) is 11.4 Å². The Morgan fingerprint density at radius 3 is 2.32 bits per heavy atom. The average Bonchev–Trinajstić information content (AvgIpc) is 2.39. The summed E-state index contributed by atoms with van der Waals surface area (Å²) in [6, 6.07) is 15.7. The van der Waals surface area contributed by atoms with E-state index in [1.807, 2.05) is 55.5 Å². The summed E-state index contributed by atoms with van der Waals surface area (Å²) >= 11 is 5.27. The molecule has 0 spiro atoms. The van der Waals surface area contributed by atoms with Crippen LogP contribution in [0.1, 0.15) is 5.56 Å². The smallest absolute Gasteiger partial charge is 0.175 e. The van der Waals surface area contributed by atoms with Gasteiger partial charge in [0.1, 0.15) is 5.75 Å². The summed E-state index contributed by atoms with van der Waals surface area (Å²) in [7, 11) is 1.65. The molecule has 98 valence electrons. The Balaban J connectivity index is 1.97. The van der Waals surface area contributed by atoms with Gasteiger partial charge in [0.25, 0.3) is 0 Å². The molecule has 0 aliphatic carbocycles. The van der Waals surface area contributed by atoms with Crippen LogP contribution in [0.2, 0.25) is 0 Å². The Hall–Kier alpha value is -2.07. The SMILES string of the molecule is COc1ccc(NC(=S)Nc2cccc(C)c2)cc1. The van der Waals surface area contributed by atoms with E-state index in [0.29, 0.717) is 5.11 Å². The third kappa shape index (κ3) is 3.96. The summed E-state index contributed by atoms with van der Waals surface area (Å²) in [4.78, 5) is 0. The van der Waals surface area contributed by atoms with Gasteiger partial charge >= 0.3 is 0 Å². The van der Waals surface area contributed by atoms with Crippen molar-refractivity contribution in [3.63, 3.8) is 0 Å². The van der Waals surface area contributed by atoms with Crippen molar-refractivity contribution in [3.05, 3.63) is 54.1 Å². The first-order chi connectivity index (χ1) is 9.17. The lowest BCUT2D eigenvalue weighted by Crippen LogP contribution is -2.18. The normalized spacial score (nSPS) is 9.79. The Bertz CT molecular complexity index is 567. The van der Waals surface area contributed by atoms with Crippen molar-refractivity contribution in [3.8, 4) is 5.75 Å². The van der Waals surface area contributed by atoms with Crippen molar-refractivity contribution in [1.29, 1.82) is 0 Å². The molecule has 0 saturated heterocycles. The van der Waals surface area contributed by atoms with Crippen molar-refractivity contribution >= 4 is 28.7 Å². The van der Waals surface area contributed by atoms with Gasteiger partial charge in [0, 0.05) is 11.4 Å². The minimum Gasteiger partial charge on any atom is -0.497 e. The zero-order valence-corrected chi connectivity index (χ0v) is 11.8. The average molecular weight is 272 g/mol. The zero-order valence-electron chi connectivity index (χ0n) is 10.9. The van der Waals surface area contributed by atoms with Gasteiger partial charge in [0.15, 0.2) is 5.11 Å². The molecule has 19 heavy (non-hydrogen) atoms. The number of rotatable bonds is 3. The third-order valence-corrected chi connectivity index (χ3v) is 2.83. The van der Waals surface area contributed by atoms with Crippen LogP contribution in [-0.2, 0) is 0 Å². The number of benzene rings is 2. The molecule has 2 rings (SSSR count). The Morgan fingerprint density at radius 1 is 1.00 bits per heavy atom. The highest BCUT2D eigenvalue weighted by atomic mass is 32.1. The summed E-state index contributed by atoms with van der Waals surface area (Å²) in [6.45, 7) is 2.05. The predicted octanol–water partition coefficient (Wildman–Crippen LogP) is 3.81. The maximum Gasteiger partial charge on any atom is 0.175 e. The predicted molar refractivity (Wildman–Crippen MR) is 84.0 cm³/mol. The molecule has 0 fully saturated rings. The van der Waals surface area contributed by atoms with E-state index < -0.39 is 0 Å². The number of methoxy groups -OCH3 is 1. The fourth-order valence-corrected chi connectivity index (χ4v) is 1.93. The van der Waals surface area contributed by atoms with Crippen molar-refractivity contribution in [2.24, 2.45) is 0 Å². The molecule has 0 aliphatic heterocycles. The first kappa shape index (κ1) is 13.4. The van der Waals surface area contributed by atoms with Gasteiger partial charge in [-0.2, -0.15) is 0 Å². The minimum atomic E-state index is 0.566. The topological polar surface area (TPSA) is 33.3 Å². The summed E-state index contributed by atoms with van der Waals surface area (Å²) < 4.78 is 5.11. The number of hydrogen-bond donors (Lipinski definition) is 2. The van der Waals surface area contributed by atoms with Gasteiger partial charge in [-0.15, -0.1) is 0 Å². The van der Waals surface area contributed by atoms with Gasteiger partial charge in [-0.25, -0.2) is 0 Å². The lowest BCUT2D eigenvalue weighted by molar-refractivity contribution is 0.415. The summed E-state index contributed by atoms with van der Waals surface area (Å²) in [6.07, 6.45) is 0. The maximum atomic E-state index is 5.27. The molecule has 2 aromatic carbocycles. The Labute approximate surface area is 118 Å². The first-order valence-corrected chi connectivity index (χ1v) is 6.37. The van der Waals surface area contributed by atoms with E-state index in [1.54, 1.807) is 7.11 Å². The second kappa shape index (κ2) is 6.20. The van der Waals surface area contributed by atoms with Crippen molar-refractivity contribution < 1.29 is 4.74 Å². The lowest BCUT2D eigenvalue weighted by Gasteiger charge is -2.11. The van der Waals surface area contributed by atoms with Crippen LogP contribution in [-0.4, -0.2) is 12.2 Å². The van der Waals surface area contributed by atoms with Gasteiger partial charge < -0.3 is 15.4 Å². The Kier molecular flexibility index (Phi) is 4.36. The van der Waals surface area contributed by atoms with Gasteiger partial charge in [0.2, 0.25) is 0 Å². The van der Waals surface area contributed by atoms with Crippen LogP contribution >= 0.6 is 12.2 Å². The molecule has 0 saturated carbocycles. The fourth-order valence-electron chi connectivity index (χ4n) is 1.69. The zero-order chi connectivity index (χ0) is 13.7. The molecule has 0 aromatic heterocycles. The summed E-state index contributed by atoms with van der Waals surface area (Å²) in [5.74, 6) is 0.822. The molecule has 0 amide bonds. The molecule has 0 radical (unpaired) electrons. The molecule has 0 atom stereocenters. The maximum absolute atomic E-state index is 5.27. The van der Waals surface area contributed by atoms with Gasteiger partial charge in [-0.3, -0.25) is 0 Å². The quantitative estimate of drug-likeness (QED) is 0.832. The van der Waals surface area contributed by atoms with E-state index in [2.05, 4.69) is 10.6 Å². The molecule has 4 heteroatoms. The third-order valence-electron chi connectivity index (χ3n) is 2.62. The van der Waals surface area contributed by atoms with Crippen LogP contribution < -0.4 is 15.4 Å². The number of hydrogen-bond acceptors (Lipinski definition) is 2. The van der Waals surface area contributed by atoms with Crippen LogP contribution in [0, 0.1) is 6.92 Å². The molecule has 0 aliphatic rings. The second-order valence-electron chi connectivity index (χ2n) is 4.18. The van der Waals surface area contributed by atoms with E-state index in [-0.39, 0.29) is 0 Å². The van der Waals surface area contributed by atoms with Crippen LogP contribution in [0.3, 0.4) is 0 Å². The van der Waals surface area contributed by atoms with Gasteiger partial charge in [-0.1, -0.05) is 12.1 Å². The number of thiocarbonyl (C=S) groups is 1. The molecule has 3 nitrogen and oxygen atoms in total. The molecule has 2 aromatic rings. The first-order valence-electron chi connectivity index (χ1n) is 5.96. The van der Waals surface area contributed by atoms with E-state index >= 15 is 0 Å². The van der Waals surface area contributed by atoms with Gasteiger partial charge in [-0.05, 0) is 61.1 Å². The Morgan fingerprint density at radius 2 is 1.68 bits per heavy atom. The second-order valence-corrected chi connectivity index (χ2v) is 4.59. The van der Waals surface area contributed by atoms with Crippen LogP contribution in [0.15, 0.2) is 48.5 Å². The van der Waals surface area contributed by atoms with Crippen LogP contribution in [0.5, 0.6) is 5.75 Å². The molecule has 0 heterocycles. The van der Waals surface area contributed by atoms with E-state index in [0.717, 1.165) is 17.1 Å². The lowest BCUT2D eigenvalue weighted by atomic mass is 10.2. The molecule has 0 bridgehead atoms. The van der Waals surface area contributed by atoms with Crippen molar-refractivity contribution in [2.45, 2.75) is 6.92 Å². The highest BCUT2D eigenvalue weighted by Crippen LogP contribution is 2.16. The molecular weight excluding hydrogens is 256 g/mol. The highest BCUT2D eigenvalue weighted by Gasteiger charge is 1.99. The van der Waals surface area contributed by atoms with E-state index in [9.17, 15) is 0 Å². The minimum absolute atomic E-state index is 0.566. The number of ether oxygens (including phenoxy) is 1. The van der Waals surface area contributed by atoms with Crippen molar-refractivity contribution in [2.75, 3.05) is 17.7 Å². The standard InChI is InChI=1S/C15H16N2OS/c1-11-4-3-5-13(10-11)17-15(19)16-12-6-8-14(18-2)9-7-12/h3-10H,1-2H3,(H2,16,17,19). The van der Waals surface area contributed by atoms with Gasteiger partial charge in [0.05, 0.1) is 7.11 Å². The molecule has 0 unspecified atom stereocenters. The summed E-state index contributed by atoms with van der Waals surface area (Å²) in [5.41, 5.74) is 3.09. The highest BCUT2D eigenvalue weighted by molar-refractivity contribution is 7.80. The van der Waals surface area contributed by atoms with E-state index in [4.69, 9.17) is 17.0 Å². The fraction of sp³-hybridized carbons (Fsp3) is 0.133. The molecular formula is C15H16N2OS. The van der Waals surface area contributed by atoms with Crippen LogP contribution in [0.25, 0.3) is 0 Å². The summed E-state index contributed by atoms with van der Waals surface area (Å²) in [5, 5.41) is 6.84. The van der Waals surface area contributed by atoms with Crippen molar-refractivity contribution in [1.82, 2.24) is 0 Å². The number of aryl methyl sites for hydroxylation is 1. The largest absolute Gasteiger partial charge is 0.497 e. The monoisotopic (exact) mass is 272 g/mol. The number of nitrogens with one attached hydrogen (secondary N) is 2.